The molecule has 0 bridgehead atoms. The number of nitrogens with one attached hydrogen (secondary N) is 2. The van der Waals surface area contributed by atoms with Crippen molar-refractivity contribution in [3.8, 4) is 5.75 Å². The van der Waals surface area contributed by atoms with Crippen LogP contribution in [0.25, 0.3) is 0 Å². The number of rotatable bonds is 7. The lowest BCUT2D eigenvalue weighted by atomic mass is 10.1. The SMILES string of the molecule is Cc1cccc(C(=O)Oc2ccc(Br)cc2C=NNC(=O)c2cccc(NC(=O)c3cccc(C(F)(F)F)c3)c2)c1. The summed E-state index contributed by atoms with van der Waals surface area (Å²) in [7, 11) is 0. The van der Waals surface area contributed by atoms with E-state index in [-0.39, 0.29) is 22.6 Å². The Bertz CT molecular complexity index is 1650. The maximum absolute atomic E-state index is 13.0. The maximum Gasteiger partial charge on any atom is 0.416 e. The fraction of sp³-hybridized carbons (Fsp3) is 0.0667. The number of alkyl halides is 3. The van der Waals surface area contributed by atoms with Crippen molar-refractivity contribution in [2.45, 2.75) is 13.1 Å². The lowest BCUT2D eigenvalue weighted by Gasteiger charge is -2.10. The molecule has 0 aliphatic rings. The normalized spacial score (nSPS) is 11.2. The first-order valence-corrected chi connectivity index (χ1v) is 12.8. The number of benzene rings is 4. The molecule has 0 radical (unpaired) electrons. The highest BCUT2D eigenvalue weighted by atomic mass is 79.9. The Balaban J connectivity index is 1.43. The van der Waals surface area contributed by atoms with Gasteiger partial charge in [-0.3, -0.25) is 9.59 Å². The molecule has 4 aromatic carbocycles. The van der Waals surface area contributed by atoms with Crippen LogP contribution in [0, 0.1) is 6.92 Å². The number of hydrazone groups is 1. The van der Waals surface area contributed by atoms with Gasteiger partial charge in [0.05, 0.1) is 17.3 Å². The topological polar surface area (TPSA) is 96.9 Å². The van der Waals surface area contributed by atoms with Crippen molar-refractivity contribution in [2.75, 3.05) is 5.32 Å². The Hall–Kier alpha value is -4.77. The van der Waals surface area contributed by atoms with E-state index in [2.05, 4.69) is 31.8 Å². The zero-order chi connectivity index (χ0) is 29.6. The average molecular weight is 624 g/mol. The number of ether oxygens (including phenoxy) is 1. The largest absolute Gasteiger partial charge is 0.422 e. The molecule has 0 heterocycles. The lowest BCUT2D eigenvalue weighted by Crippen LogP contribution is -2.19. The van der Waals surface area contributed by atoms with E-state index in [1.807, 2.05) is 13.0 Å². The summed E-state index contributed by atoms with van der Waals surface area (Å²) in [5.74, 6) is -1.73. The van der Waals surface area contributed by atoms with E-state index in [4.69, 9.17) is 4.74 Å². The van der Waals surface area contributed by atoms with Gasteiger partial charge in [-0.05, 0) is 73.7 Å². The molecule has 0 aliphatic heterocycles. The van der Waals surface area contributed by atoms with Crippen molar-refractivity contribution >= 4 is 45.6 Å². The zero-order valence-corrected chi connectivity index (χ0v) is 22.9. The molecule has 0 saturated heterocycles. The number of anilines is 1. The highest BCUT2D eigenvalue weighted by Crippen LogP contribution is 2.30. The molecule has 0 fully saturated rings. The van der Waals surface area contributed by atoms with Crippen molar-refractivity contribution in [3.63, 3.8) is 0 Å². The Morgan fingerprint density at radius 3 is 2.24 bits per heavy atom. The second-order valence-corrected chi connectivity index (χ2v) is 9.67. The summed E-state index contributed by atoms with van der Waals surface area (Å²) in [4.78, 5) is 37.8. The van der Waals surface area contributed by atoms with E-state index in [1.54, 1.807) is 36.4 Å². The number of nitrogens with zero attached hydrogens (tertiary/aromatic N) is 1. The van der Waals surface area contributed by atoms with E-state index >= 15 is 0 Å². The predicted molar refractivity (Wildman–Crippen MR) is 151 cm³/mol. The highest BCUT2D eigenvalue weighted by Gasteiger charge is 2.30. The van der Waals surface area contributed by atoms with Gasteiger partial charge in [-0.1, -0.05) is 45.8 Å². The van der Waals surface area contributed by atoms with E-state index in [0.717, 1.165) is 23.8 Å². The van der Waals surface area contributed by atoms with E-state index in [0.29, 0.717) is 15.6 Å². The third-order valence-corrected chi connectivity index (χ3v) is 6.13. The van der Waals surface area contributed by atoms with Crippen LogP contribution in [0.4, 0.5) is 18.9 Å². The molecular formula is C30H21BrF3N3O4. The molecule has 208 valence electrons. The summed E-state index contributed by atoms with van der Waals surface area (Å²) in [5.41, 5.74) is 3.23. The Labute approximate surface area is 241 Å². The van der Waals surface area contributed by atoms with Crippen LogP contribution in [-0.4, -0.2) is 24.0 Å². The van der Waals surface area contributed by atoms with Crippen LogP contribution < -0.4 is 15.5 Å². The van der Waals surface area contributed by atoms with Crippen LogP contribution in [0.15, 0.2) is 101 Å². The molecule has 0 aromatic heterocycles. The van der Waals surface area contributed by atoms with Crippen molar-refractivity contribution in [1.29, 1.82) is 0 Å². The van der Waals surface area contributed by atoms with Crippen LogP contribution in [0.1, 0.15) is 47.8 Å². The van der Waals surface area contributed by atoms with Crippen LogP contribution in [-0.2, 0) is 6.18 Å². The van der Waals surface area contributed by atoms with Crippen LogP contribution >= 0.6 is 15.9 Å². The van der Waals surface area contributed by atoms with E-state index < -0.39 is 29.5 Å². The van der Waals surface area contributed by atoms with Crippen molar-refractivity contribution in [2.24, 2.45) is 5.10 Å². The minimum absolute atomic E-state index is 0.129. The Morgan fingerprint density at radius 1 is 0.829 bits per heavy atom. The summed E-state index contributed by atoms with van der Waals surface area (Å²) < 4.78 is 45.2. The number of amides is 2. The summed E-state index contributed by atoms with van der Waals surface area (Å²) in [5, 5.41) is 6.44. The summed E-state index contributed by atoms with van der Waals surface area (Å²) in [6.07, 6.45) is -3.28. The maximum atomic E-state index is 13.0. The van der Waals surface area contributed by atoms with Gasteiger partial charge in [0.15, 0.2) is 0 Å². The van der Waals surface area contributed by atoms with Gasteiger partial charge in [-0.25, -0.2) is 10.2 Å². The zero-order valence-electron chi connectivity index (χ0n) is 21.3. The molecule has 4 aromatic rings. The monoisotopic (exact) mass is 623 g/mol. The van der Waals surface area contributed by atoms with Gasteiger partial charge < -0.3 is 10.1 Å². The van der Waals surface area contributed by atoms with Gasteiger partial charge in [0.25, 0.3) is 11.8 Å². The Morgan fingerprint density at radius 2 is 1.51 bits per heavy atom. The first kappa shape index (κ1) is 29.2. The van der Waals surface area contributed by atoms with Gasteiger partial charge in [0.1, 0.15) is 5.75 Å². The molecule has 2 amide bonds. The second kappa shape index (κ2) is 12.6. The fourth-order valence-corrected chi connectivity index (χ4v) is 4.03. The highest BCUT2D eigenvalue weighted by molar-refractivity contribution is 9.10. The second-order valence-electron chi connectivity index (χ2n) is 8.75. The first-order chi connectivity index (χ1) is 19.5. The minimum atomic E-state index is -4.59. The molecule has 0 unspecified atom stereocenters. The standard InChI is InChI=1S/C30H21BrF3N3O4/c1-18-5-2-8-21(13-18)29(40)41-26-12-11-24(31)15-22(26)17-35-37-28(39)20-7-4-10-25(16-20)36-27(38)19-6-3-9-23(14-19)30(32,33)34/h2-17H,1H3,(H,36,38)(H,37,39). The molecule has 41 heavy (non-hydrogen) atoms. The number of carbonyl (C=O) groups is 3. The third-order valence-electron chi connectivity index (χ3n) is 5.63. The average Bonchev–Trinajstić information content (AvgIpc) is 2.94. The fourth-order valence-electron chi connectivity index (χ4n) is 3.65. The molecule has 7 nitrogen and oxygen atoms in total. The van der Waals surface area contributed by atoms with E-state index in [1.165, 1.54) is 36.5 Å². The molecule has 2 N–H and O–H groups in total. The molecule has 0 spiro atoms. The number of hydrogen-bond donors (Lipinski definition) is 2. The van der Waals surface area contributed by atoms with Crippen molar-refractivity contribution < 1.29 is 32.3 Å². The minimum Gasteiger partial charge on any atom is -0.422 e. The smallest absolute Gasteiger partial charge is 0.416 e. The van der Waals surface area contributed by atoms with Crippen LogP contribution in [0.3, 0.4) is 0 Å². The molecule has 11 heteroatoms. The first-order valence-electron chi connectivity index (χ1n) is 12.0. The predicted octanol–water partition coefficient (Wildman–Crippen LogP) is 7.01. The molecule has 0 atom stereocenters. The quantitative estimate of drug-likeness (QED) is 0.100. The molecule has 0 aliphatic carbocycles. The molecule has 0 saturated carbocycles. The number of aryl methyl sites for hydroxylation is 1. The van der Waals surface area contributed by atoms with Gasteiger partial charge in [0, 0.05) is 26.9 Å². The summed E-state index contributed by atoms with van der Waals surface area (Å²) in [6, 6.07) is 21.7. The summed E-state index contributed by atoms with van der Waals surface area (Å²) in [6.45, 7) is 1.86. The molecule has 4 rings (SSSR count). The van der Waals surface area contributed by atoms with Crippen molar-refractivity contribution in [1.82, 2.24) is 5.43 Å². The van der Waals surface area contributed by atoms with Gasteiger partial charge in [0.2, 0.25) is 0 Å². The van der Waals surface area contributed by atoms with Gasteiger partial charge >= 0.3 is 12.1 Å². The Kier molecular flexibility index (Phi) is 8.98. The lowest BCUT2D eigenvalue weighted by molar-refractivity contribution is -0.137. The number of hydrogen-bond acceptors (Lipinski definition) is 5. The number of carbonyl (C=O) groups excluding carboxylic acids is 3. The van der Waals surface area contributed by atoms with Crippen molar-refractivity contribution in [3.05, 3.63) is 129 Å². The summed E-state index contributed by atoms with van der Waals surface area (Å²) >= 11 is 3.35. The number of esters is 1. The molecular weight excluding hydrogens is 603 g/mol. The van der Waals surface area contributed by atoms with Gasteiger partial charge in [-0.2, -0.15) is 18.3 Å². The van der Waals surface area contributed by atoms with Crippen LogP contribution in [0.2, 0.25) is 0 Å². The third kappa shape index (κ3) is 7.89. The number of halogens is 4. The van der Waals surface area contributed by atoms with Crippen LogP contribution in [0.5, 0.6) is 5.75 Å². The van der Waals surface area contributed by atoms with Gasteiger partial charge in [-0.15, -0.1) is 0 Å². The van der Waals surface area contributed by atoms with E-state index in [9.17, 15) is 27.6 Å².